The molecule has 1 fully saturated rings. The Kier molecular flexibility index (Phi) is 4.28. The normalized spacial score (nSPS) is 23.0. The predicted molar refractivity (Wildman–Crippen MR) is 72.3 cm³/mol. The Bertz CT molecular complexity index is 589. The highest BCUT2D eigenvalue weighted by Gasteiger charge is 2.40. The van der Waals surface area contributed by atoms with Gasteiger partial charge in [-0.2, -0.15) is 13.2 Å². The Morgan fingerprint density at radius 1 is 1.30 bits per heavy atom. The van der Waals surface area contributed by atoms with Crippen LogP contribution in [-0.4, -0.2) is 69.4 Å². The average Bonchev–Trinajstić information content (AvgIpc) is 2.97. The molecular formula is C13H18F3N5O2. The molecule has 0 radical (unpaired) electrons. The molecule has 10 heteroatoms. The summed E-state index contributed by atoms with van der Waals surface area (Å²) in [6.45, 7) is 4.85. The van der Waals surface area contributed by atoms with E-state index in [1.165, 1.54) is 4.90 Å². The first-order valence-electron chi connectivity index (χ1n) is 7.52. The quantitative estimate of drug-likeness (QED) is 0.782. The molecule has 0 unspecified atom stereocenters. The first-order valence-corrected chi connectivity index (χ1v) is 7.52. The number of nitrogens with zero attached hydrogens (tertiary/aromatic N) is 5. The number of ether oxygens (including phenoxy) is 1. The van der Waals surface area contributed by atoms with Crippen molar-refractivity contribution in [1.29, 1.82) is 0 Å². The molecule has 0 aliphatic carbocycles. The lowest BCUT2D eigenvalue weighted by atomic mass is 10.2. The summed E-state index contributed by atoms with van der Waals surface area (Å²) in [5.41, 5.74) is 0. The van der Waals surface area contributed by atoms with Crippen LogP contribution < -0.4 is 0 Å². The number of aromatic nitrogens is 3. The van der Waals surface area contributed by atoms with Crippen molar-refractivity contribution < 1.29 is 22.7 Å². The number of hydrogen-bond donors (Lipinski definition) is 0. The van der Waals surface area contributed by atoms with Gasteiger partial charge in [0.25, 0.3) is 5.91 Å². The van der Waals surface area contributed by atoms with Crippen LogP contribution in [0.1, 0.15) is 18.6 Å². The lowest BCUT2D eigenvalue weighted by Gasteiger charge is -2.35. The van der Waals surface area contributed by atoms with Gasteiger partial charge < -0.3 is 14.2 Å². The van der Waals surface area contributed by atoms with Crippen LogP contribution in [-0.2, 0) is 28.8 Å². The molecule has 1 atom stereocenters. The van der Waals surface area contributed by atoms with Gasteiger partial charge in [0, 0.05) is 26.2 Å². The Balaban J connectivity index is 1.70. The van der Waals surface area contributed by atoms with Gasteiger partial charge in [-0.15, -0.1) is 10.2 Å². The van der Waals surface area contributed by atoms with Gasteiger partial charge >= 0.3 is 6.18 Å². The molecule has 23 heavy (non-hydrogen) atoms. The van der Waals surface area contributed by atoms with Crippen molar-refractivity contribution in [3.8, 4) is 0 Å². The Morgan fingerprint density at radius 3 is 2.78 bits per heavy atom. The zero-order valence-corrected chi connectivity index (χ0v) is 12.7. The third-order valence-corrected chi connectivity index (χ3v) is 4.19. The summed E-state index contributed by atoms with van der Waals surface area (Å²) >= 11 is 0. The van der Waals surface area contributed by atoms with Gasteiger partial charge in [-0.05, 0) is 6.54 Å². The molecule has 0 N–H and O–H groups in total. The second-order valence-corrected chi connectivity index (χ2v) is 5.60. The van der Waals surface area contributed by atoms with E-state index in [0.29, 0.717) is 13.2 Å². The van der Waals surface area contributed by atoms with E-state index in [0.717, 1.165) is 17.7 Å². The number of alkyl halides is 3. The first-order chi connectivity index (χ1) is 10.9. The van der Waals surface area contributed by atoms with Gasteiger partial charge in [0.15, 0.2) is 5.82 Å². The van der Waals surface area contributed by atoms with Gasteiger partial charge in [-0.3, -0.25) is 9.69 Å². The third-order valence-electron chi connectivity index (χ3n) is 4.19. The molecule has 3 rings (SSSR count). The third kappa shape index (κ3) is 3.18. The lowest BCUT2D eigenvalue weighted by molar-refractivity contribution is -0.152. The van der Waals surface area contributed by atoms with Crippen molar-refractivity contribution in [3.63, 3.8) is 0 Å². The molecule has 1 aromatic heterocycles. The fourth-order valence-electron chi connectivity index (χ4n) is 2.90. The minimum atomic E-state index is -4.54. The number of likely N-dealkylation sites (N-methyl/N-ethyl adjacent to an activating group) is 1. The van der Waals surface area contributed by atoms with Crippen molar-refractivity contribution in [1.82, 2.24) is 24.6 Å². The van der Waals surface area contributed by atoms with E-state index in [1.54, 1.807) is 0 Å². The highest BCUT2D eigenvalue weighted by atomic mass is 19.4. The van der Waals surface area contributed by atoms with E-state index in [1.807, 2.05) is 6.92 Å². The van der Waals surface area contributed by atoms with Crippen molar-refractivity contribution in [2.75, 3.05) is 32.8 Å². The Hall–Kier alpha value is -1.68. The number of rotatable bonds is 2. The van der Waals surface area contributed by atoms with Gasteiger partial charge in [-0.1, -0.05) is 6.92 Å². The van der Waals surface area contributed by atoms with E-state index in [-0.39, 0.29) is 31.4 Å². The summed E-state index contributed by atoms with van der Waals surface area (Å²) in [4.78, 5) is 16.1. The molecule has 1 saturated heterocycles. The number of morpholine rings is 1. The number of halogens is 3. The molecule has 1 aromatic rings. The van der Waals surface area contributed by atoms with Crippen molar-refractivity contribution >= 4 is 5.91 Å². The number of hydrogen-bond acceptors (Lipinski definition) is 5. The maximum absolute atomic E-state index is 12.8. The molecule has 128 valence electrons. The molecule has 1 amide bonds. The molecule has 2 aliphatic heterocycles. The number of carbonyl (C=O) groups excluding carboxylic acids is 1. The minimum Gasteiger partial charge on any atom is -0.366 e. The molecule has 2 aliphatic rings. The number of fused-ring (bicyclic) bond motifs is 1. The molecule has 0 spiro atoms. The van der Waals surface area contributed by atoms with Crippen LogP contribution in [0.15, 0.2) is 0 Å². The molecular weight excluding hydrogens is 315 g/mol. The maximum atomic E-state index is 12.8. The van der Waals surface area contributed by atoms with Gasteiger partial charge in [-0.25, -0.2) is 0 Å². The maximum Gasteiger partial charge on any atom is 0.451 e. The van der Waals surface area contributed by atoms with Crippen LogP contribution in [0.3, 0.4) is 0 Å². The monoisotopic (exact) mass is 333 g/mol. The minimum absolute atomic E-state index is 0.0217. The Morgan fingerprint density at radius 2 is 2.09 bits per heavy atom. The van der Waals surface area contributed by atoms with E-state index in [2.05, 4.69) is 15.1 Å². The summed E-state index contributed by atoms with van der Waals surface area (Å²) in [5.74, 6) is -1.06. The first kappa shape index (κ1) is 16.2. The fourth-order valence-corrected chi connectivity index (χ4v) is 2.90. The van der Waals surface area contributed by atoms with Crippen LogP contribution in [0.2, 0.25) is 0 Å². The van der Waals surface area contributed by atoms with Gasteiger partial charge in [0.1, 0.15) is 6.10 Å². The van der Waals surface area contributed by atoms with E-state index in [4.69, 9.17) is 4.74 Å². The van der Waals surface area contributed by atoms with Crippen LogP contribution in [0.25, 0.3) is 0 Å². The predicted octanol–water partition coefficient (Wildman–Crippen LogP) is 0.360. The summed E-state index contributed by atoms with van der Waals surface area (Å²) < 4.78 is 45.0. The Labute approximate surface area is 131 Å². The van der Waals surface area contributed by atoms with Gasteiger partial charge in [0.05, 0.1) is 13.2 Å². The SMILES string of the molecule is CCN1CCO[C@@H](C(=O)N2CCn3c(nnc3C(F)(F)F)C2)C1. The van der Waals surface area contributed by atoms with Crippen molar-refractivity contribution in [2.24, 2.45) is 0 Å². The zero-order valence-electron chi connectivity index (χ0n) is 12.7. The summed E-state index contributed by atoms with van der Waals surface area (Å²) in [6.07, 6.45) is -5.11. The smallest absolute Gasteiger partial charge is 0.366 e. The number of amides is 1. The summed E-state index contributed by atoms with van der Waals surface area (Å²) in [6, 6.07) is 0. The van der Waals surface area contributed by atoms with E-state index in [9.17, 15) is 18.0 Å². The fraction of sp³-hybridized carbons (Fsp3) is 0.769. The zero-order chi connectivity index (χ0) is 16.6. The second-order valence-electron chi connectivity index (χ2n) is 5.60. The molecule has 7 nitrogen and oxygen atoms in total. The average molecular weight is 333 g/mol. The number of carbonyl (C=O) groups is 1. The van der Waals surface area contributed by atoms with Crippen LogP contribution in [0, 0.1) is 0 Å². The van der Waals surface area contributed by atoms with Crippen LogP contribution in [0.5, 0.6) is 0 Å². The lowest BCUT2D eigenvalue weighted by Crippen LogP contribution is -2.52. The van der Waals surface area contributed by atoms with Crippen molar-refractivity contribution in [2.45, 2.75) is 32.3 Å². The van der Waals surface area contributed by atoms with Crippen molar-refractivity contribution in [3.05, 3.63) is 11.6 Å². The summed E-state index contributed by atoms with van der Waals surface area (Å²) in [7, 11) is 0. The highest BCUT2D eigenvalue weighted by Crippen LogP contribution is 2.29. The van der Waals surface area contributed by atoms with Crippen LogP contribution in [0.4, 0.5) is 13.2 Å². The van der Waals surface area contributed by atoms with E-state index < -0.39 is 18.1 Å². The summed E-state index contributed by atoms with van der Waals surface area (Å²) in [5, 5.41) is 6.79. The molecule has 0 aromatic carbocycles. The molecule has 3 heterocycles. The molecule has 0 saturated carbocycles. The largest absolute Gasteiger partial charge is 0.451 e. The van der Waals surface area contributed by atoms with Gasteiger partial charge in [0.2, 0.25) is 5.82 Å². The van der Waals surface area contributed by atoms with E-state index >= 15 is 0 Å². The van der Waals surface area contributed by atoms with Crippen LogP contribution >= 0.6 is 0 Å². The standard InChI is InChI=1S/C13H18F3N5O2/c1-2-19-5-6-23-9(7-19)11(22)20-3-4-21-10(8-20)17-18-12(21)13(14,15)16/h9H,2-8H2,1H3/t9-/m1/s1. The molecule has 0 bridgehead atoms. The second kappa shape index (κ2) is 6.08. The highest BCUT2D eigenvalue weighted by molar-refractivity contribution is 5.81. The topological polar surface area (TPSA) is 63.5 Å².